The lowest BCUT2D eigenvalue weighted by atomic mass is 10.1. The summed E-state index contributed by atoms with van der Waals surface area (Å²) in [5, 5.41) is 0.631. The molecule has 0 N–H and O–H groups in total. The van der Waals surface area contributed by atoms with Gasteiger partial charge in [0.1, 0.15) is 23.9 Å². The van der Waals surface area contributed by atoms with Crippen LogP contribution in [0.25, 0.3) is 11.1 Å². The van der Waals surface area contributed by atoms with E-state index >= 15 is 0 Å². The summed E-state index contributed by atoms with van der Waals surface area (Å²) in [6.07, 6.45) is 13.8. The van der Waals surface area contributed by atoms with Crippen molar-refractivity contribution in [3.8, 4) is 28.4 Å². The molecule has 1 atom stereocenters. The van der Waals surface area contributed by atoms with E-state index in [-0.39, 0.29) is 6.10 Å². The Kier molecular flexibility index (Phi) is 14.1. The van der Waals surface area contributed by atoms with Crippen molar-refractivity contribution < 1.29 is 14.2 Å². The van der Waals surface area contributed by atoms with Gasteiger partial charge in [0.15, 0.2) is 0 Å². The topological polar surface area (TPSA) is 27.7 Å². The van der Waals surface area contributed by atoms with Gasteiger partial charge in [-0.15, -0.1) is 0 Å². The molecule has 0 saturated carbocycles. The Morgan fingerprint density at radius 3 is 1.82 bits per heavy atom. The molecule has 3 aromatic carbocycles. The van der Waals surface area contributed by atoms with Gasteiger partial charge in [-0.1, -0.05) is 107 Å². The third-order valence-corrected chi connectivity index (χ3v) is 7.30. The Hall–Kier alpha value is -2.65. The van der Waals surface area contributed by atoms with Gasteiger partial charge in [-0.2, -0.15) is 0 Å². The average molecular weight is 551 g/mol. The van der Waals surface area contributed by atoms with Crippen molar-refractivity contribution >= 4 is 11.6 Å². The molecule has 0 spiro atoms. The van der Waals surface area contributed by atoms with E-state index in [2.05, 4.69) is 57.2 Å². The molecule has 212 valence electrons. The van der Waals surface area contributed by atoms with Crippen molar-refractivity contribution in [3.05, 3.63) is 77.3 Å². The van der Waals surface area contributed by atoms with Gasteiger partial charge in [0.2, 0.25) is 0 Å². The lowest BCUT2D eigenvalue weighted by Crippen LogP contribution is -2.12. The fourth-order valence-corrected chi connectivity index (χ4v) is 4.84. The molecule has 1 unspecified atom stereocenters. The van der Waals surface area contributed by atoms with Crippen LogP contribution >= 0.6 is 11.6 Å². The van der Waals surface area contributed by atoms with E-state index in [1.807, 2.05) is 30.3 Å². The van der Waals surface area contributed by atoms with Crippen LogP contribution in [0.1, 0.15) is 97.0 Å². The maximum Gasteiger partial charge on any atom is 0.138 e. The predicted octanol–water partition coefficient (Wildman–Crippen LogP) is 11.1. The van der Waals surface area contributed by atoms with Crippen LogP contribution in [-0.4, -0.2) is 12.7 Å². The van der Waals surface area contributed by atoms with Crippen LogP contribution in [0.4, 0.5) is 0 Å². The Balaban J connectivity index is 1.41. The number of rotatable bonds is 19. The minimum atomic E-state index is 0.161. The summed E-state index contributed by atoms with van der Waals surface area (Å²) in [6, 6.07) is 22.5. The molecule has 0 heterocycles. The molecule has 0 amide bonds. The van der Waals surface area contributed by atoms with Crippen LogP contribution in [0, 0.1) is 0 Å². The average Bonchev–Trinajstić information content (AvgIpc) is 2.96. The van der Waals surface area contributed by atoms with Crippen molar-refractivity contribution in [2.24, 2.45) is 0 Å². The summed E-state index contributed by atoms with van der Waals surface area (Å²) < 4.78 is 18.0. The SMILES string of the molecule is CCCCCCCCOc1ccc(-c2ccc(OCc3ccc(OC(C)CCCCCC)c(Cl)c3)cc2)cc1. The van der Waals surface area contributed by atoms with Crippen molar-refractivity contribution in [2.75, 3.05) is 6.61 Å². The van der Waals surface area contributed by atoms with Gasteiger partial charge < -0.3 is 14.2 Å². The number of hydrogen-bond acceptors (Lipinski definition) is 3. The van der Waals surface area contributed by atoms with Gasteiger partial charge in [-0.3, -0.25) is 0 Å². The zero-order chi connectivity index (χ0) is 27.7. The molecular formula is C35H47ClO3. The molecule has 0 radical (unpaired) electrons. The van der Waals surface area contributed by atoms with E-state index < -0.39 is 0 Å². The van der Waals surface area contributed by atoms with E-state index in [9.17, 15) is 0 Å². The highest BCUT2D eigenvalue weighted by atomic mass is 35.5. The molecule has 0 saturated heterocycles. The lowest BCUT2D eigenvalue weighted by molar-refractivity contribution is 0.206. The monoisotopic (exact) mass is 550 g/mol. The first kappa shape index (κ1) is 30.9. The molecule has 0 aliphatic rings. The number of ether oxygens (including phenoxy) is 3. The Bertz CT molecular complexity index is 1060. The number of halogens is 1. The first-order chi connectivity index (χ1) is 19.1. The molecule has 0 fully saturated rings. The van der Waals surface area contributed by atoms with E-state index in [0.717, 1.165) is 53.4 Å². The van der Waals surface area contributed by atoms with Crippen molar-refractivity contribution in [1.29, 1.82) is 0 Å². The summed E-state index contributed by atoms with van der Waals surface area (Å²) in [4.78, 5) is 0. The maximum absolute atomic E-state index is 6.51. The molecular weight excluding hydrogens is 504 g/mol. The van der Waals surface area contributed by atoms with Gasteiger partial charge in [0.25, 0.3) is 0 Å². The first-order valence-corrected chi connectivity index (χ1v) is 15.4. The highest BCUT2D eigenvalue weighted by Crippen LogP contribution is 2.29. The van der Waals surface area contributed by atoms with Crippen LogP contribution in [0.5, 0.6) is 17.2 Å². The van der Waals surface area contributed by atoms with Crippen LogP contribution in [-0.2, 0) is 6.61 Å². The maximum atomic E-state index is 6.51. The molecule has 0 aromatic heterocycles. The van der Waals surface area contributed by atoms with E-state index in [4.69, 9.17) is 25.8 Å². The van der Waals surface area contributed by atoms with Crippen molar-refractivity contribution in [2.45, 2.75) is 104 Å². The summed E-state index contributed by atoms with van der Waals surface area (Å²) >= 11 is 6.51. The van der Waals surface area contributed by atoms with Crippen LogP contribution < -0.4 is 14.2 Å². The van der Waals surface area contributed by atoms with E-state index in [0.29, 0.717) is 11.6 Å². The largest absolute Gasteiger partial charge is 0.494 e. The zero-order valence-electron chi connectivity index (χ0n) is 24.2. The number of unbranched alkanes of at least 4 members (excludes halogenated alkanes) is 8. The quantitative estimate of drug-likeness (QED) is 0.139. The standard InChI is InChI=1S/C35H47ClO3/c1-4-6-8-10-11-13-25-37-32-20-16-30(17-21-32)31-18-22-33(23-19-31)38-27-29-15-24-35(34(36)26-29)39-28(3)14-12-9-7-5-2/h15-24,26,28H,4-14,25,27H2,1-3H3. The molecule has 3 aromatic rings. The Morgan fingerprint density at radius 2 is 1.21 bits per heavy atom. The van der Waals surface area contributed by atoms with Gasteiger partial charge in [-0.25, -0.2) is 0 Å². The second-order valence-corrected chi connectivity index (χ2v) is 10.9. The number of hydrogen-bond donors (Lipinski definition) is 0. The van der Waals surface area contributed by atoms with E-state index in [1.165, 1.54) is 57.8 Å². The summed E-state index contributed by atoms with van der Waals surface area (Å²) in [5.74, 6) is 2.50. The van der Waals surface area contributed by atoms with Gasteiger partial charge in [0, 0.05) is 0 Å². The molecule has 3 nitrogen and oxygen atoms in total. The van der Waals surface area contributed by atoms with Gasteiger partial charge in [0.05, 0.1) is 17.7 Å². The molecule has 0 aliphatic carbocycles. The lowest BCUT2D eigenvalue weighted by Gasteiger charge is -2.16. The fourth-order valence-electron chi connectivity index (χ4n) is 4.59. The van der Waals surface area contributed by atoms with Gasteiger partial charge >= 0.3 is 0 Å². The molecule has 0 bridgehead atoms. The van der Waals surface area contributed by atoms with Crippen molar-refractivity contribution in [3.63, 3.8) is 0 Å². The molecule has 0 aliphatic heterocycles. The molecule has 4 heteroatoms. The van der Waals surface area contributed by atoms with Crippen molar-refractivity contribution in [1.82, 2.24) is 0 Å². The fraction of sp³-hybridized carbons (Fsp3) is 0.486. The number of benzene rings is 3. The van der Waals surface area contributed by atoms with Crippen LogP contribution in [0.2, 0.25) is 5.02 Å². The normalized spacial score (nSPS) is 11.8. The summed E-state index contributed by atoms with van der Waals surface area (Å²) in [5.41, 5.74) is 3.33. The highest BCUT2D eigenvalue weighted by molar-refractivity contribution is 6.32. The Morgan fingerprint density at radius 1 is 0.641 bits per heavy atom. The summed E-state index contributed by atoms with van der Waals surface area (Å²) in [6.45, 7) is 7.84. The second kappa shape index (κ2) is 17.8. The Labute approximate surface area is 241 Å². The summed E-state index contributed by atoms with van der Waals surface area (Å²) in [7, 11) is 0. The second-order valence-electron chi connectivity index (χ2n) is 10.5. The zero-order valence-corrected chi connectivity index (χ0v) is 25.0. The minimum Gasteiger partial charge on any atom is -0.494 e. The van der Waals surface area contributed by atoms with Crippen LogP contribution in [0.15, 0.2) is 66.7 Å². The smallest absolute Gasteiger partial charge is 0.138 e. The van der Waals surface area contributed by atoms with E-state index in [1.54, 1.807) is 0 Å². The molecule has 39 heavy (non-hydrogen) atoms. The molecule has 3 rings (SSSR count). The minimum absolute atomic E-state index is 0.161. The van der Waals surface area contributed by atoms with Gasteiger partial charge in [-0.05, 0) is 79.3 Å². The third-order valence-electron chi connectivity index (χ3n) is 7.00. The highest BCUT2D eigenvalue weighted by Gasteiger charge is 2.09. The predicted molar refractivity (Wildman–Crippen MR) is 165 cm³/mol. The first-order valence-electron chi connectivity index (χ1n) is 15.0. The van der Waals surface area contributed by atoms with Crippen LogP contribution in [0.3, 0.4) is 0 Å². The third kappa shape index (κ3) is 11.5.